The van der Waals surface area contributed by atoms with Crippen LogP contribution in [0.4, 0.5) is 0 Å². The predicted octanol–water partition coefficient (Wildman–Crippen LogP) is 1.60. The molecule has 0 unspecified atom stereocenters. The first-order chi connectivity index (χ1) is 36.7. The molecular formula is C55H72N8O15. The molecule has 0 bridgehead atoms. The van der Waals surface area contributed by atoms with Gasteiger partial charge in [-0.15, -0.1) is 0 Å². The Morgan fingerprint density at radius 2 is 1.04 bits per heavy atom. The van der Waals surface area contributed by atoms with Crippen LogP contribution in [0.3, 0.4) is 0 Å². The highest BCUT2D eigenvalue weighted by atomic mass is 16.6. The Morgan fingerprint density at radius 3 is 1.53 bits per heavy atom. The van der Waals surface area contributed by atoms with E-state index in [1.165, 1.54) is 27.7 Å². The fourth-order valence-electron chi connectivity index (χ4n) is 8.31. The molecule has 0 aliphatic carbocycles. The molecule has 1 saturated heterocycles. The highest BCUT2D eigenvalue weighted by molar-refractivity contribution is 5.98. The van der Waals surface area contributed by atoms with Gasteiger partial charge in [0.2, 0.25) is 41.4 Å². The van der Waals surface area contributed by atoms with E-state index < -0.39 is 163 Å². The number of carbonyl (C=O) groups is 11. The average molecular weight is 1090 g/mol. The van der Waals surface area contributed by atoms with Crippen LogP contribution in [-0.2, 0) is 67.8 Å². The normalized spacial score (nSPS) is 15.3. The molecule has 0 aromatic heterocycles. The van der Waals surface area contributed by atoms with Gasteiger partial charge < -0.3 is 62.2 Å². The number of aliphatic carboxylic acids is 2. The van der Waals surface area contributed by atoms with Gasteiger partial charge in [0.1, 0.15) is 47.0 Å². The molecular weight excluding hydrogens is 1010 g/mol. The molecule has 1 aliphatic heterocycles. The molecule has 0 radical (unpaired) electrons. The van der Waals surface area contributed by atoms with Gasteiger partial charge in [0.25, 0.3) is 0 Å². The number of esters is 2. The second-order valence-electron chi connectivity index (χ2n) is 20.7. The third kappa shape index (κ3) is 20.1. The molecule has 78 heavy (non-hydrogen) atoms. The van der Waals surface area contributed by atoms with Gasteiger partial charge in [0.15, 0.2) is 0 Å². The minimum atomic E-state index is -1.85. The van der Waals surface area contributed by atoms with E-state index in [-0.39, 0.29) is 0 Å². The summed E-state index contributed by atoms with van der Waals surface area (Å²) in [6.07, 6.45) is -2.40. The van der Waals surface area contributed by atoms with Gasteiger partial charge in [-0.05, 0) is 97.4 Å². The minimum absolute atomic E-state index is 0.458. The number of carbonyl (C=O) groups excluding carboxylic acids is 9. The highest BCUT2D eigenvalue weighted by Crippen LogP contribution is 2.37. The Kier molecular flexibility index (Phi) is 23.0. The topological polar surface area (TPSA) is 343 Å². The molecule has 3 aromatic rings. The molecule has 6 atom stereocenters. The molecule has 1 fully saturated rings. The predicted molar refractivity (Wildman–Crippen MR) is 281 cm³/mol. The summed E-state index contributed by atoms with van der Waals surface area (Å²) in [6.45, 7) is 10.4. The van der Waals surface area contributed by atoms with E-state index in [0.717, 1.165) is 0 Å². The first-order valence-corrected chi connectivity index (χ1v) is 25.5. The van der Waals surface area contributed by atoms with Gasteiger partial charge in [-0.2, -0.15) is 0 Å². The molecule has 3 aromatic carbocycles. The van der Waals surface area contributed by atoms with E-state index in [0.29, 0.717) is 36.1 Å². The number of carboxylic acid groups (broad SMARTS) is 2. The molecule has 422 valence electrons. The van der Waals surface area contributed by atoms with Crippen molar-refractivity contribution in [1.29, 1.82) is 0 Å². The van der Waals surface area contributed by atoms with E-state index in [1.807, 2.05) is 91.0 Å². The van der Waals surface area contributed by atoms with Crippen molar-refractivity contribution in [3.8, 4) is 0 Å². The molecule has 4 rings (SSSR count). The van der Waals surface area contributed by atoms with Crippen molar-refractivity contribution < 1.29 is 72.4 Å². The SMILES string of the molecule is C[C@H](NC(=O)CNC(=O)[C@H](CC(=O)NC(c1ccccc1)(c1ccccc1)c1ccccc1)NC(=O)[C@@H]1CCCN1)C(=O)N[C@@H](CCC(=O)OC(C)(C)C)C(=O)N[C@@H](CC(=O)OC(C)(C)C)C(=O)N[C@@H](CCC(=O)O)C(=O)O. The smallest absolute Gasteiger partial charge is 0.326 e. The highest BCUT2D eigenvalue weighted by Gasteiger charge is 2.40. The molecule has 0 saturated carbocycles. The fraction of sp³-hybridized carbons (Fsp3) is 0.473. The van der Waals surface area contributed by atoms with Gasteiger partial charge in [0, 0.05) is 12.8 Å². The summed E-state index contributed by atoms with van der Waals surface area (Å²) >= 11 is 0. The van der Waals surface area contributed by atoms with Crippen LogP contribution in [0, 0.1) is 0 Å². The standard InChI is InChI=1S/C55H72N8O15/c1-33(47(70)59-38(26-28-45(68)77-53(2,3)4)50(73)62-41(31-46(69)78-54(5,6)7)51(74)60-39(52(75)76)25-27-44(66)67)58-43(65)32-57-48(71)40(61-49(72)37-24-17-29-56-37)30-42(64)63-55(34-18-11-8-12-19-34,35-20-13-9-14-21-35)36-22-15-10-16-23-36/h8-16,18-23,33,37-41,56H,17,24-32H2,1-7H3,(H,57,71)(H,58,65)(H,59,70)(H,60,74)(H,61,72)(H,62,73)(H,63,64)(H,66,67)(H,75,76)/t33-,37-,38-,39-,40-,41-/m0/s1. The maximum Gasteiger partial charge on any atom is 0.326 e. The lowest BCUT2D eigenvalue weighted by atomic mass is 9.77. The summed E-state index contributed by atoms with van der Waals surface area (Å²) in [5.74, 6) is -11.1. The molecule has 1 heterocycles. The number of benzene rings is 3. The number of carboxylic acids is 2. The van der Waals surface area contributed by atoms with Crippen molar-refractivity contribution in [2.75, 3.05) is 13.1 Å². The zero-order valence-electron chi connectivity index (χ0n) is 44.9. The number of amides is 7. The van der Waals surface area contributed by atoms with Crippen LogP contribution in [0.2, 0.25) is 0 Å². The van der Waals surface area contributed by atoms with E-state index in [1.54, 1.807) is 20.8 Å². The Labute approximate surface area is 452 Å². The van der Waals surface area contributed by atoms with E-state index >= 15 is 0 Å². The van der Waals surface area contributed by atoms with Crippen molar-refractivity contribution >= 4 is 65.2 Å². The van der Waals surface area contributed by atoms with Gasteiger partial charge in [-0.1, -0.05) is 91.0 Å². The molecule has 23 nitrogen and oxygen atoms in total. The van der Waals surface area contributed by atoms with E-state index in [4.69, 9.17) is 14.6 Å². The summed E-state index contributed by atoms with van der Waals surface area (Å²) in [5.41, 5.74) is -1.18. The van der Waals surface area contributed by atoms with Crippen LogP contribution in [0.5, 0.6) is 0 Å². The maximum atomic E-state index is 14.4. The Balaban J connectivity index is 1.53. The summed E-state index contributed by atoms with van der Waals surface area (Å²) in [5, 5.41) is 39.4. The van der Waals surface area contributed by atoms with Crippen molar-refractivity contribution in [1.82, 2.24) is 42.5 Å². The third-order valence-electron chi connectivity index (χ3n) is 11.9. The second-order valence-corrected chi connectivity index (χ2v) is 20.7. The van der Waals surface area contributed by atoms with E-state index in [2.05, 4.69) is 42.5 Å². The Hall–Kier alpha value is -8.21. The first-order valence-electron chi connectivity index (χ1n) is 25.5. The number of hydrogen-bond acceptors (Lipinski definition) is 14. The molecule has 23 heteroatoms. The molecule has 1 aliphatic rings. The monoisotopic (exact) mass is 1080 g/mol. The zero-order chi connectivity index (χ0) is 57.8. The lowest BCUT2D eigenvalue weighted by Gasteiger charge is -2.37. The number of rotatable bonds is 27. The van der Waals surface area contributed by atoms with Gasteiger partial charge >= 0.3 is 23.9 Å². The van der Waals surface area contributed by atoms with Crippen molar-refractivity contribution in [2.45, 2.75) is 153 Å². The maximum absolute atomic E-state index is 14.4. The minimum Gasteiger partial charge on any atom is -0.481 e. The number of nitrogens with one attached hydrogen (secondary N) is 8. The summed E-state index contributed by atoms with van der Waals surface area (Å²) in [7, 11) is 0. The first kappa shape index (κ1) is 62.3. The Bertz CT molecular complexity index is 2500. The average Bonchev–Trinajstić information content (AvgIpc) is 3.98. The number of hydrogen-bond donors (Lipinski definition) is 10. The van der Waals surface area contributed by atoms with E-state index in [9.17, 15) is 57.8 Å². The molecule has 0 spiro atoms. The lowest BCUT2D eigenvalue weighted by Crippen LogP contribution is -2.58. The summed E-state index contributed by atoms with van der Waals surface area (Å²) in [6, 6.07) is 18.8. The Morgan fingerprint density at radius 1 is 0.564 bits per heavy atom. The van der Waals surface area contributed by atoms with Crippen molar-refractivity contribution in [3.63, 3.8) is 0 Å². The van der Waals surface area contributed by atoms with Gasteiger partial charge in [-0.25, -0.2) is 4.79 Å². The second kappa shape index (κ2) is 28.8. The fourth-order valence-corrected chi connectivity index (χ4v) is 8.31. The molecule has 7 amide bonds. The molecule has 10 N–H and O–H groups in total. The van der Waals surface area contributed by atoms with Gasteiger partial charge in [0.05, 0.1) is 25.4 Å². The van der Waals surface area contributed by atoms with Crippen molar-refractivity contribution in [3.05, 3.63) is 108 Å². The van der Waals surface area contributed by atoms with Crippen LogP contribution in [0.1, 0.15) is 117 Å². The van der Waals surface area contributed by atoms with Crippen LogP contribution < -0.4 is 42.5 Å². The quantitative estimate of drug-likeness (QED) is 0.0383. The summed E-state index contributed by atoms with van der Waals surface area (Å²) in [4.78, 5) is 146. The van der Waals surface area contributed by atoms with Crippen LogP contribution >= 0.6 is 0 Å². The summed E-state index contributed by atoms with van der Waals surface area (Å²) < 4.78 is 10.7. The van der Waals surface area contributed by atoms with Crippen LogP contribution in [0.25, 0.3) is 0 Å². The van der Waals surface area contributed by atoms with Gasteiger partial charge in [-0.3, -0.25) is 47.9 Å². The van der Waals surface area contributed by atoms with Crippen LogP contribution in [0.15, 0.2) is 91.0 Å². The lowest BCUT2D eigenvalue weighted by molar-refractivity contribution is -0.157. The van der Waals surface area contributed by atoms with Crippen LogP contribution in [-0.4, -0.2) is 136 Å². The van der Waals surface area contributed by atoms with Crippen molar-refractivity contribution in [2.24, 2.45) is 0 Å². The number of ether oxygens (including phenoxy) is 2. The third-order valence-corrected chi connectivity index (χ3v) is 11.9. The zero-order valence-corrected chi connectivity index (χ0v) is 44.9. The largest absolute Gasteiger partial charge is 0.481 e.